The van der Waals surface area contributed by atoms with Gasteiger partial charge in [0.1, 0.15) is 0 Å². The van der Waals surface area contributed by atoms with Crippen LogP contribution in [0, 0.1) is 0 Å². The monoisotopic (exact) mass is 405 g/mol. The summed E-state index contributed by atoms with van der Waals surface area (Å²) in [6.07, 6.45) is 1.78. The molecule has 0 aromatic carbocycles. The minimum atomic E-state index is 0.0132. The van der Waals surface area contributed by atoms with Crippen molar-refractivity contribution >= 4 is 43.2 Å². The van der Waals surface area contributed by atoms with Crippen LogP contribution in [-0.4, -0.2) is 9.78 Å². The molecule has 0 radical (unpaired) electrons. The van der Waals surface area contributed by atoms with E-state index in [2.05, 4.69) is 67.6 Å². The van der Waals surface area contributed by atoms with E-state index in [1.807, 2.05) is 0 Å². The predicted octanol–water partition coefficient (Wildman–Crippen LogP) is 4.29. The third kappa shape index (κ3) is 3.48. The number of aromatic nitrogens is 2. The van der Waals surface area contributed by atoms with Crippen LogP contribution < -0.4 is 5.73 Å². The molecule has 6 heteroatoms. The lowest BCUT2D eigenvalue weighted by Gasteiger charge is -2.10. The predicted molar refractivity (Wildman–Crippen MR) is 87.6 cm³/mol. The summed E-state index contributed by atoms with van der Waals surface area (Å²) in [6, 6.07) is 4.27. The van der Waals surface area contributed by atoms with Crippen LogP contribution in [0.25, 0.3) is 0 Å². The highest BCUT2D eigenvalue weighted by molar-refractivity contribution is 9.13. The van der Waals surface area contributed by atoms with E-state index in [0.29, 0.717) is 0 Å². The smallest absolute Gasteiger partial charge is 0.0843 e. The molecule has 2 rings (SSSR count). The number of halogens is 2. The third-order valence-electron chi connectivity index (χ3n) is 3.03. The zero-order valence-electron chi connectivity index (χ0n) is 11.0. The average Bonchev–Trinajstić information content (AvgIpc) is 2.93. The average molecular weight is 407 g/mol. The van der Waals surface area contributed by atoms with Crippen LogP contribution in [0.1, 0.15) is 36.2 Å². The fourth-order valence-corrected chi connectivity index (χ4v) is 4.09. The molecule has 0 bridgehead atoms. The number of rotatable bonds is 5. The Labute approximate surface area is 134 Å². The van der Waals surface area contributed by atoms with Gasteiger partial charge in [-0.15, -0.1) is 11.3 Å². The van der Waals surface area contributed by atoms with Gasteiger partial charge in [-0.1, -0.05) is 6.92 Å². The van der Waals surface area contributed by atoms with Crippen LogP contribution in [-0.2, 0) is 19.4 Å². The Morgan fingerprint density at radius 3 is 2.63 bits per heavy atom. The molecule has 2 aromatic heterocycles. The van der Waals surface area contributed by atoms with Crippen molar-refractivity contribution in [1.29, 1.82) is 0 Å². The summed E-state index contributed by atoms with van der Waals surface area (Å²) in [4.78, 5) is 1.18. The quantitative estimate of drug-likeness (QED) is 0.804. The van der Waals surface area contributed by atoms with Gasteiger partial charge < -0.3 is 5.73 Å². The minimum absolute atomic E-state index is 0.0132. The van der Waals surface area contributed by atoms with E-state index in [-0.39, 0.29) is 6.04 Å². The summed E-state index contributed by atoms with van der Waals surface area (Å²) in [7, 11) is 0. The zero-order valence-corrected chi connectivity index (χ0v) is 15.0. The second kappa shape index (κ2) is 6.52. The van der Waals surface area contributed by atoms with Gasteiger partial charge in [-0.2, -0.15) is 5.10 Å². The van der Waals surface area contributed by atoms with Crippen LogP contribution in [0.15, 0.2) is 20.4 Å². The largest absolute Gasteiger partial charge is 0.323 e. The number of hydrogen-bond donors (Lipinski definition) is 1. The van der Waals surface area contributed by atoms with E-state index in [0.717, 1.165) is 33.3 Å². The van der Waals surface area contributed by atoms with Gasteiger partial charge in [0.05, 0.1) is 9.48 Å². The third-order valence-corrected chi connectivity index (χ3v) is 6.42. The Kier molecular flexibility index (Phi) is 5.22. The summed E-state index contributed by atoms with van der Waals surface area (Å²) in [6.45, 7) is 5.12. The molecule has 0 aliphatic rings. The Balaban J connectivity index is 2.18. The molecule has 0 aliphatic carbocycles. The maximum absolute atomic E-state index is 6.31. The first-order chi connectivity index (χ1) is 9.05. The molecule has 0 amide bonds. The summed E-state index contributed by atoms with van der Waals surface area (Å²) >= 11 is 8.70. The van der Waals surface area contributed by atoms with Crippen molar-refractivity contribution in [3.05, 3.63) is 36.7 Å². The van der Waals surface area contributed by atoms with Crippen molar-refractivity contribution in [1.82, 2.24) is 9.78 Å². The molecular formula is C13H17Br2N3S. The van der Waals surface area contributed by atoms with Crippen molar-refractivity contribution in [2.45, 2.75) is 39.3 Å². The van der Waals surface area contributed by atoms with Gasteiger partial charge in [-0.3, -0.25) is 4.68 Å². The maximum Gasteiger partial charge on any atom is 0.0843 e. The molecule has 1 atom stereocenters. The summed E-state index contributed by atoms with van der Waals surface area (Å²) in [5.74, 6) is 0. The number of hydrogen-bond acceptors (Lipinski definition) is 3. The van der Waals surface area contributed by atoms with Crippen LogP contribution in [0.3, 0.4) is 0 Å². The molecule has 0 saturated heterocycles. The zero-order chi connectivity index (χ0) is 14.0. The highest BCUT2D eigenvalue weighted by Gasteiger charge is 2.15. The number of nitrogens with zero attached hydrogens (tertiary/aromatic N) is 2. The summed E-state index contributed by atoms with van der Waals surface area (Å²) < 4.78 is 4.22. The standard InChI is InChI=1S/C13H17Br2N3S/c1-3-8-5-9(18(4-2)17-8)6-11(16)12-7-10(14)13(15)19-12/h5,7,11H,3-4,6,16H2,1-2H3. The maximum atomic E-state index is 6.31. The van der Waals surface area contributed by atoms with Gasteiger partial charge in [0.25, 0.3) is 0 Å². The lowest BCUT2D eigenvalue weighted by Crippen LogP contribution is -2.15. The fraction of sp³-hybridized carbons (Fsp3) is 0.462. The van der Waals surface area contributed by atoms with Crippen LogP contribution in [0.2, 0.25) is 0 Å². The summed E-state index contributed by atoms with van der Waals surface area (Å²) in [5.41, 5.74) is 8.66. The molecule has 104 valence electrons. The molecule has 0 fully saturated rings. The van der Waals surface area contributed by atoms with Gasteiger partial charge in [0.15, 0.2) is 0 Å². The molecule has 2 N–H and O–H groups in total. The molecule has 2 heterocycles. The summed E-state index contributed by atoms with van der Waals surface area (Å²) in [5, 5.41) is 4.56. The molecule has 0 spiro atoms. The Bertz CT molecular complexity index is 543. The fourth-order valence-electron chi connectivity index (χ4n) is 2.00. The second-order valence-electron chi connectivity index (χ2n) is 4.38. The number of nitrogens with two attached hydrogens (primary N) is 1. The SMILES string of the molecule is CCc1cc(CC(N)c2cc(Br)c(Br)s2)n(CC)n1. The first kappa shape index (κ1) is 15.2. The van der Waals surface area contributed by atoms with Gasteiger partial charge in [0.2, 0.25) is 0 Å². The van der Waals surface area contributed by atoms with Crippen molar-refractivity contribution in [3.63, 3.8) is 0 Å². The molecule has 2 aromatic rings. The van der Waals surface area contributed by atoms with E-state index in [1.165, 1.54) is 10.6 Å². The molecule has 0 aliphatic heterocycles. The number of aryl methyl sites for hydroxylation is 2. The van der Waals surface area contributed by atoms with Crippen LogP contribution >= 0.6 is 43.2 Å². The van der Waals surface area contributed by atoms with Crippen molar-refractivity contribution in [2.24, 2.45) is 5.73 Å². The van der Waals surface area contributed by atoms with Gasteiger partial charge in [0, 0.05) is 34.1 Å². The Morgan fingerprint density at radius 1 is 1.37 bits per heavy atom. The molecule has 1 unspecified atom stereocenters. The van der Waals surface area contributed by atoms with E-state index >= 15 is 0 Å². The lowest BCUT2D eigenvalue weighted by atomic mass is 10.1. The van der Waals surface area contributed by atoms with Crippen molar-refractivity contribution in [2.75, 3.05) is 0 Å². The molecule has 0 saturated carbocycles. The van der Waals surface area contributed by atoms with Gasteiger partial charge in [-0.25, -0.2) is 0 Å². The van der Waals surface area contributed by atoms with Crippen molar-refractivity contribution in [3.8, 4) is 0 Å². The molecule has 19 heavy (non-hydrogen) atoms. The highest BCUT2D eigenvalue weighted by Crippen LogP contribution is 2.35. The van der Waals surface area contributed by atoms with E-state index in [9.17, 15) is 0 Å². The van der Waals surface area contributed by atoms with Crippen LogP contribution in [0.5, 0.6) is 0 Å². The van der Waals surface area contributed by atoms with Gasteiger partial charge >= 0.3 is 0 Å². The lowest BCUT2D eigenvalue weighted by molar-refractivity contribution is 0.588. The molecular weight excluding hydrogens is 390 g/mol. The minimum Gasteiger partial charge on any atom is -0.323 e. The topological polar surface area (TPSA) is 43.8 Å². The van der Waals surface area contributed by atoms with E-state index < -0.39 is 0 Å². The Hall–Kier alpha value is -0.170. The first-order valence-electron chi connectivity index (χ1n) is 6.31. The van der Waals surface area contributed by atoms with E-state index in [1.54, 1.807) is 11.3 Å². The first-order valence-corrected chi connectivity index (χ1v) is 8.71. The normalized spacial score (nSPS) is 12.9. The van der Waals surface area contributed by atoms with Gasteiger partial charge in [-0.05, 0) is 57.3 Å². The highest BCUT2D eigenvalue weighted by atomic mass is 79.9. The molecule has 3 nitrogen and oxygen atoms in total. The van der Waals surface area contributed by atoms with Crippen LogP contribution in [0.4, 0.5) is 0 Å². The Morgan fingerprint density at radius 2 is 2.11 bits per heavy atom. The van der Waals surface area contributed by atoms with E-state index in [4.69, 9.17) is 5.73 Å². The van der Waals surface area contributed by atoms with Crippen molar-refractivity contribution < 1.29 is 0 Å². The number of thiophene rings is 1. The second-order valence-corrected chi connectivity index (χ2v) is 7.63.